The number of aromatic hydroxyl groups is 1. The van der Waals surface area contributed by atoms with E-state index in [-0.39, 0.29) is 16.9 Å². The number of aliphatic hydroxyl groups excluding tert-OH is 1. The topological polar surface area (TPSA) is 65.2 Å². The van der Waals surface area contributed by atoms with Crippen molar-refractivity contribution in [2.75, 3.05) is 0 Å². The number of allylic oxidation sites excluding steroid dienone is 1. The van der Waals surface area contributed by atoms with E-state index in [1.165, 1.54) is 37.0 Å². The number of rotatable bonds is 2. The second-order valence-electron chi connectivity index (χ2n) is 10.8. The van der Waals surface area contributed by atoms with Gasteiger partial charge in [-0.3, -0.25) is 0 Å². The molecule has 3 fully saturated rings. The molecule has 0 saturated heterocycles. The lowest BCUT2D eigenvalue weighted by molar-refractivity contribution is -0.0209. The number of fused-ring (bicyclic) bond motifs is 5. The first kappa shape index (κ1) is 23.3. The summed E-state index contributed by atoms with van der Waals surface area (Å²) in [6, 6.07) is 3.89. The summed E-state index contributed by atoms with van der Waals surface area (Å²) in [5.74, 6) is 2.50. The first-order chi connectivity index (χ1) is 15.2. The fourth-order valence-corrected chi connectivity index (χ4v) is 9.24. The number of nitrogens with zero attached hydrogens (tertiary/aromatic N) is 2. The van der Waals surface area contributed by atoms with Crippen LogP contribution in [0.15, 0.2) is 34.0 Å². The average Bonchev–Trinajstić information content (AvgIpc) is 3.09. The normalized spacial score (nSPS) is 40.2. The van der Waals surface area contributed by atoms with Gasteiger partial charge in [0.2, 0.25) is 0 Å². The number of hydrogen-bond donors (Lipinski definition) is 2. The summed E-state index contributed by atoms with van der Waals surface area (Å²) in [6.07, 6.45) is 13.1. The smallest absolute Gasteiger partial charge is 0.142 e. The Bertz CT molecular complexity index is 996. The fourth-order valence-electron chi connectivity index (χ4n) is 7.42. The Hall–Kier alpha value is -0.480. The maximum Gasteiger partial charge on any atom is 0.142 e. The molecule has 6 heteroatoms. The average molecular weight is 658 g/mol. The SMILES string of the molecule is C[C@]12CC[C@H](O)CC1=CC[C@H]1[C@H]2CC[C@]2(C)/C(=N\N=C/c3cc(I)c(O)c(I)c3)CC[C@H]12. The van der Waals surface area contributed by atoms with E-state index in [2.05, 4.69) is 70.2 Å². The quantitative estimate of drug-likeness (QED) is 0.161. The molecule has 0 bridgehead atoms. The van der Waals surface area contributed by atoms with Crippen LogP contribution in [0.2, 0.25) is 0 Å². The van der Waals surface area contributed by atoms with Gasteiger partial charge in [0.15, 0.2) is 0 Å². The van der Waals surface area contributed by atoms with Crippen molar-refractivity contribution in [1.82, 2.24) is 0 Å². The van der Waals surface area contributed by atoms with Crippen molar-refractivity contribution < 1.29 is 10.2 Å². The highest BCUT2D eigenvalue weighted by Gasteiger charge is 2.57. The zero-order chi connectivity index (χ0) is 22.7. The van der Waals surface area contributed by atoms with E-state index in [1.807, 2.05) is 18.3 Å². The monoisotopic (exact) mass is 658 g/mol. The summed E-state index contributed by atoms with van der Waals surface area (Å²) < 4.78 is 1.67. The predicted octanol–water partition coefficient (Wildman–Crippen LogP) is 6.70. The first-order valence-corrected chi connectivity index (χ1v) is 14.0. The van der Waals surface area contributed by atoms with Crippen LogP contribution in [-0.4, -0.2) is 28.2 Å². The van der Waals surface area contributed by atoms with Crippen LogP contribution in [-0.2, 0) is 0 Å². The van der Waals surface area contributed by atoms with E-state index >= 15 is 0 Å². The van der Waals surface area contributed by atoms with Gasteiger partial charge in [-0.25, -0.2) is 0 Å². The van der Waals surface area contributed by atoms with Gasteiger partial charge in [0, 0.05) is 11.1 Å². The van der Waals surface area contributed by atoms with Crippen LogP contribution in [0, 0.1) is 35.7 Å². The van der Waals surface area contributed by atoms with Crippen molar-refractivity contribution in [2.24, 2.45) is 38.8 Å². The third-order valence-corrected chi connectivity index (χ3v) is 10.9. The summed E-state index contributed by atoms with van der Waals surface area (Å²) in [7, 11) is 0. The third-order valence-electron chi connectivity index (χ3n) is 9.24. The molecule has 172 valence electrons. The Labute approximate surface area is 218 Å². The first-order valence-electron chi connectivity index (χ1n) is 11.9. The summed E-state index contributed by atoms with van der Waals surface area (Å²) in [5.41, 5.74) is 4.23. The highest BCUT2D eigenvalue weighted by molar-refractivity contribution is 14.1. The molecule has 2 N–H and O–H groups in total. The van der Waals surface area contributed by atoms with Crippen LogP contribution in [0.3, 0.4) is 0 Å². The predicted molar refractivity (Wildman–Crippen MR) is 146 cm³/mol. The molecule has 5 rings (SSSR count). The Morgan fingerprint density at radius 1 is 1.03 bits per heavy atom. The van der Waals surface area contributed by atoms with Crippen molar-refractivity contribution in [1.29, 1.82) is 0 Å². The minimum atomic E-state index is -0.136. The summed E-state index contributed by atoms with van der Waals surface area (Å²) in [4.78, 5) is 0. The van der Waals surface area contributed by atoms with Gasteiger partial charge in [0.1, 0.15) is 5.75 Å². The van der Waals surface area contributed by atoms with Crippen molar-refractivity contribution >= 4 is 57.1 Å². The molecule has 0 aliphatic heterocycles. The summed E-state index contributed by atoms with van der Waals surface area (Å²) >= 11 is 4.31. The molecule has 0 amide bonds. The Morgan fingerprint density at radius 2 is 1.72 bits per heavy atom. The second-order valence-corrected chi connectivity index (χ2v) is 13.1. The molecular weight excluding hydrogens is 626 g/mol. The molecule has 4 aliphatic rings. The van der Waals surface area contributed by atoms with Gasteiger partial charge in [0.05, 0.1) is 19.5 Å². The summed E-state index contributed by atoms with van der Waals surface area (Å²) in [6.45, 7) is 4.92. The van der Waals surface area contributed by atoms with Crippen LogP contribution in [0.5, 0.6) is 5.75 Å². The number of aliphatic hydroxyl groups is 1. The van der Waals surface area contributed by atoms with Gasteiger partial charge >= 0.3 is 0 Å². The number of halogens is 2. The second kappa shape index (κ2) is 8.63. The van der Waals surface area contributed by atoms with E-state index in [0.717, 1.165) is 50.2 Å². The lowest BCUT2D eigenvalue weighted by Gasteiger charge is -2.57. The Kier molecular flexibility index (Phi) is 6.27. The van der Waals surface area contributed by atoms with Crippen LogP contribution < -0.4 is 0 Å². The van der Waals surface area contributed by atoms with E-state index in [9.17, 15) is 10.2 Å². The molecule has 3 saturated carbocycles. The molecule has 6 atom stereocenters. The van der Waals surface area contributed by atoms with Crippen LogP contribution >= 0.6 is 45.2 Å². The lowest BCUT2D eigenvalue weighted by Crippen LogP contribution is -2.50. The molecule has 0 heterocycles. The van der Waals surface area contributed by atoms with Gasteiger partial charge in [-0.2, -0.15) is 10.2 Å². The van der Waals surface area contributed by atoms with E-state index in [4.69, 9.17) is 5.10 Å². The van der Waals surface area contributed by atoms with E-state index in [0.29, 0.717) is 11.7 Å². The van der Waals surface area contributed by atoms with Crippen LogP contribution in [0.4, 0.5) is 0 Å². The van der Waals surface area contributed by atoms with Gasteiger partial charge in [-0.15, -0.1) is 0 Å². The fraction of sp³-hybridized carbons (Fsp3) is 0.615. The number of phenols is 1. The molecule has 0 unspecified atom stereocenters. The number of benzene rings is 1. The zero-order valence-corrected chi connectivity index (χ0v) is 23.1. The van der Waals surface area contributed by atoms with E-state index < -0.39 is 0 Å². The lowest BCUT2D eigenvalue weighted by atomic mass is 9.48. The molecule has 0 spiro atoms. The molecule has 0 radical (unpaired) electrons. The minimum absolute atomic E-state index is 0.136. The van der Waals surface area contributed by atoms with Gasteiger partial charge in [-0.1, -0.05) is 25.5 Å². The highest BCUT2D eigenvalue weighted by Crippen LogP contribution is 2.64. The molecule has 1 aromatic carbocycles. The maximum absolute atomic E-state index is 10.2. The van der Waals surface area contributed by atoms with Crippen molar-refractivity contribution in [3.05, 3.63) is 36.5 Å². The summed E-state index contributed by atoms with van der Waals surface area (Å²) in [5, 5.41) is 29.5. The molecular formula is C26H32I2N2O2. The van der Waals surface area contributed by atoms with Crippen LogP contribution in [0.25, 0.3) is 0 Å². The maximum atomic E-state index is 10.2. The Balaban J connectivity index is 1.37. The molecule has 32 heavy (non-hydrogen) atoms. The van der Waals surface area contributed by atoms with Gasteiger partial charge in [0.25, 0.3) is 0 Å². The van der Waals surface area contributed by atoms with Crippen molar-refractivity contribution in [3.63, 3.8) is 0 Å². The highest BCUT2D eigenvalue weighted by atomic mass is 127. The molecule has 4 aliphatic carbocycles. The van der Waals surface area contributed by atoms with Crippen molar-refractivity contribution in [3.8, 4) is 5.75 Å². The third kappa shape index (κ3) is 3.80. The van der Waals surface area contributed by atoms with Gasteiger partial charge < -0.3 is 10.2 Å². The number of hydrogen-bond acceptors (Lipinski definition) is 4. The number of phenolic OH excluding ortho intramolecular Hbond substituents is 1. The zero-order valence-electron chi connectivity index (χ0n) is 18.8. The van der Waals surface area contributed by atoms with Crippen molar-refractivity contribution in [2.45, 2.75) is 71.3 Å². The standard InChI is InChI=1S/C26H32I2N2O2/c1-25-9-7-17(31)13-16(25)3-4-18-19-5-6-23(26(19,2)10-8-20(18)25)30-29-14-15-11-21(27)24(32)22(28)12-15/h3,11-12,14,17-20,31-32H,4-10,13H2,1-2H3/b29-14-,30-23-/t17-,18+,19+,20+,25-,26-/m0/s1. The molecule has 4 nitrogen and oxygen atoms in total. The Morgan fingerprint density at radius 3 is 2.47 bits per heavy atom. The van der Waals surface area contributed by atoms with Crippen LogP contribution in [0.1, 0.15) is 70.8 Å². The minimum Gasteiger partial charge on any atom is -0.506 e. The largest absolute Gasteiger partial charge is 0.506 e. The van der Waals surface area contributed by atoms with Gasteiger partial charge in [-0.05, 0) is 137 Å². The molecule has 0 aromatic heterocycles. The molecule has 1 aromatic rings. The van der Waals surface area contributed by atoms with E-state index in [1.54, 1.807) is 0 Å².